The van der Waals surface area contributed by atoms with Crippen LogP contribution in [-0.2, 0) is 16.2 Å². The molecule has 4 rings (SSSR count). The van der Waals surface area contributed by atoms with Crippen molar-refractivity contribution in [2.24, 2.45) is 0 Å². The van der Waals surface area contributed by atoms with Crippen LogP contribution in [0, 0.1) is 15.2 Å². The predicted molar refractivity (Wildman–Crippen MR) is 149 cm³/mol. The number of nitrogens with zero attached hydrogens (tertiary/aromatic N) is 1. The molecular weight excluding hydrogens is 629 g/mol. The van der Waals surface area contributed by atoms with Crippen molar-refractivity contribution >= 4 is 63.2 Å². The topological polar surface area (TPSA) is 84.9 Å². The van der Waals surface area contributed by atoms with E-state index in [0.29, 0.717) is 32.9 Å². The van der Waals surface area contributed by atoms with Crippen LogP contribution >= 0.6 is 34.4 Å². The van der Waals surface area contributed by atoms with E-state index in [2.05, 4.69) is 27.9 Å². The van der Waals surface area contributed by atoms with Crippen molar-refractivity contribution < 1.29 is 32.6 Å². The summed E-state index contributed by atoms with van der Waals surface area (Å²) < 4.78 is 38.7. The molecule has 0 aromatic heterocycles. The number of rotatable bonds is 9. The molecule has 1 fully saturated rings. The first-order chi connectivity index (χ1) is 18.2. The summed E-state index contributed by atoms with van der Waals surface area (Å²) in [5.74, 6) is -1.02. The van der Waals surface area contributed by atoms with E-state index in [1.807, 2.05) is 6.92 Å². The van der Waals surface area contributed by atoms with Gasteiger partial charge in [-0.15, -0.1) is 0 Å². The van der Waals surface area contributed by atoms with E-state index >= 15 is 0 Å². The normalized spacial score (nSPS) is 14.2. The van der Waals surface area contributed by atoms with Gasteiger partial charge in [0.15, 0.2) is 11.5 Å². The summed E-state index contributed by atoms with van der Waals surface area (Å²) in [5.41, 5.74) is 1.73. The minimum absolute atomic E-state index is 0.155. The molecule has 0 atom stereocenters. The van der Waals surface area contributed by atoms with Gasteiger partial charge in [0.2, 0.25) is 5.91 Å². The summed E-state index contributed by atoms with van der Waals surface area (Å²) in [5, 5.41) is 1.96. The third kappa shape index (κ3) is 6.90. The molecule has 0 aliphatic carbocycles. The number of halogens is 3. The average Bonchev–Trinajstić information content (AvgIpc) is 3.13. The molecular formula is C27H21F2IN2O5S. The van der Waals surface area contributed by atoms with Gasteiger partial charge in [-0.2, -0.15) is 0 Å². The fourth-order valence-corrected chi connectivity index (χ4v) is 5.09. The number of hydrogen-bond donors (Lipinski definition) is 1. The smallest absolute Gasteiger partial charge is 0.294 e. The Kier molecular flexibility index (Phi) is 9.00. The van der Waals surface area contributed by atoms with Gasteiger partial charge in [0.05, 0.1) is 15.1 Å². The van der Waals surface area contributed by atoms with E-state index in [4.69, 9.17) is 9.47 Å². The van der Waals surface area contributed by atoms with Crippen LogP contribution in [0.3, 0.4) is 0 Å². The second-order valence-electron chi connectivity index (χ2n) is 8.00. The zero-order valence-corrected chi connectivity index (χ0v) is 23.0. The van der Waals surface area contributed by atoms with Crippen molar-refractivity contribution in [3.63, 3.8) is 0 Å². The first-order valence-electron chi connectivity index (χ1n) is 11.4. The van der Waals surface area contributed by atoms with Gasteiger partial charge in [0, 0.05) is 5.69 Å². The van der Waals surface area contributed by atoms with Crippen LogP contribution in [0.4, 0.5) is 19.3 Å². The highest BCUT2D eigenvalue weighted by Crippen LogP contribution is 2.38. The number of nitrogens with one attached hydrogen (secondary N) is 1. The van der Waals surface area contributed by atoms with Gasteiger partial charge >= 0.3 is 0 Å². The van der Waals surface area contributed by atoms with Crippen molar-refractivity contribution in [1.82, 2.24) is 4.90 Å². The van der Waals surface area contributed by atoms with Crippen molar-refractivity contribution in [2.75, 3.05) is 18.5 Å². The Morgan fingerprint density at radius 3 is 2.34 bits per heavy atom. The molecule has 3 aromatic carbocycles. The van der Waals surface area contributed by atoms with Crippen LogP contribution in [0.1, 0.15) is 18.1 Å². The summed E-state index contributed by atoms with van der Waals surface area (Å²) in [7, 11) is 0. The van der Waals surface area contributed by atoms with E-state index in [1.54, 1.807) is 30.3 Å². The summed E-state index contributed by atoms with van der Waals surface area (Å²) in [6, 6.07) is 14.6. The Bertz CT molecular complexity index is 1400. The quantitative estimate of drug-likeness (QED) is 0.219. The first kappa shape index (κ1) is 27.6. The van der Waals surface area contributed by atoms with Crippen LogP contribution in [0.25, 0.3) is 6.08 Å². The lowest BCUT2D eigenvalue weighted by Crippen LogP contribution is -2.36. The van der Waals surface area contributed by atoms with Crippen LogP contribution < -0.4 is 14.8 Å². The summed E-state index contributed by atoms with van der Waals surface area (Å²) in [6.07, 6.45) is 1.55. The molecule has 1 aliphatic rings. The Labute approximate surface area is 235 Å². The van der Waals surface area contributed by atoms with Crippen LogP contribution in [0.2, 0.25) is 0 Å². The highest BCUT2D eigenvalue weighted by atomic mass is 127. The molecule has 38 heavy (non-hydrogen) atoms. The van der Waals surface area contributed by atoms with Gasteiger partial charge < -0.3 is 14.8 Å². The van der Waals surface area contributed by atoms with Gasteiger partial charge in [-0.05, 0) is 107 Å². The second-order valence-corrected chi connectivity index (χ2v) is 10.2. The molecule has 0 bridgehead atoms. The molecule has 0 saturated carbocycles. The lowest BCUT2D eigenvalue weighted by molar-refractivity contribution is -0.127. The lowest BCUT2D eigenvalue weighted by Gasteiger charge is -2.15. The molecule has 1 saturated heterocycles. The molecule has 0 unspecified atom stereocenters. The lowest BCUT2D eigenvalue weighted by atomic mass is 10.1. The number of amides is 3. The zero-order valence-electron chi connectivity index (χ0n) is 20.0. The Hall–Kier alpha value is -3.45. The number of imide groups is 1. The molecule has 1 N–H and O–H groups in total. The molecule has 1 heterocycles. The minimum Gasteiger partial charge on any atom is -0.490 e. The number of thioether (sulfide) groups is 1. The van der Waals surface area contributed by atoms with Crippen molar-refractivity contribution in [3.05, 3.63) is 91.9 Å². The maximum absolute atomic E-state index is 13.2. The first-order valence-corrected chi connectivity index (χ1v) is 13.3. The highest BCUT2D eigenvalue weighted by molar-refractivity contribution is 14.1. The van der Waals surface area contributed by atoms with Gasteiger partial charge in [-0.1, -0.05) is 12.1 Å². The Balaban J connectivity index is 1.48. The molecule has 0 spiro atoms. The molecule has 7 nitrogen and oxygen atoms in total. The van der Waals surface area contributed by atoms with E-state index in [9.17, 15) is 23.2 Å². The van der Waals surface area contributed by atoms with Gasteiger partial charge in [-0.25, -0.2) is 8.78 Å². The van der Waals surface area contributed by atoms with Crippen molar-refractivity contribution in [1.29, 1.82) is 0 Å². The summed E-state index contributed by atoms with van der Waals surface area (Å²) in [4.78, 5) is 38.7. The van der Waals surface area contributed by atoms with E-state index < -0.39 is 29.4 Å². The molecule has 0 radical (unpaired) electrons. The van der Waals surface area contributed by atoms with E-state index in [1.165, 1.54) is 36.4 Å². The summed E-state index contributed by atoms with van der Waals surface area (Å²) in [6.45, 7) is 1.92. The Morgan fingerprint density at radius 1 is 1.03 bits per heavy atom. The van der Waals surface area contributed by atoms with Crippen LogP contribution in [0.15, 0.2) is 65.6 Å². The number of ether oxygens (including phenoxy) is 2. The molecule has 1 aliphatic heterocycles. The fourth-order valence-electron chi connectivity index (χ4n) is 3.48. The fraction of sp³-hybridized carbons (Fsp3) is 0.148. The van der Waals surface area contributed by atoms with Crippen molar-refractivity contribution in [3.8, 4) is 11.5 Å². The van der Waals surface area contributed by atoms with Gasteiger partial charge in [-0.3, -0.25) is 19.3 Å². The third-order valence-electron chi connectivity index (χ3n) is 5.23. The van der Waals surface area contributed by atoms with Gasteiger partial charge in [0.1, 0.15) is 24.8 Å². The maximum Gasteiger partial charge on any atom is 0.294 e. The van der Waals surface area contributed by atoms with E-state index in [-0.39, 0.29) is 17.3 Å². The second kappa shape index (κ2) is 12.4. The standard InChI is InChI=1S/C27H21F2IN2O5S/c1-2-36-22-12-17(11-21(30)25(22)37-15-16-3-5-18(28)6-4-16)13-23-26(34)32(27(35)38-23)14-24(33)31-20-9-7-19(29)8-10-20/h3-13H,2,14-15H2,1H3,(H,31,33)/b23-13-. The maximum atomic E-state index is 13.2. The third-order valence-corrected chi connectivity index (χ3v) is 6.94. The number of carbonyl (C=O) groups excluding carboxylic acids is 3. The SMILES string of the molecule is CCOc1cc(/C=C2\SC(=O)N(CC(=O)Nc3ccc(F)cc3)C2=O)cc(I)c1OCc1ccc(F)cc1. The number of hydrogen-bond acceptors (Lipinski definition) is 6. The predicted octanol–water partition coefficient (Wildman–Crippen LogP) is 6.22. The molecule has 3 aromatic rings. The van der Waals surface area contributed by atoms with E-state index in [0.717, 1.165) is 22.2 Å². The average molecular weight is 650 g/mol. The zero-order chi connectivity index (χ0) is 27.2. The molecule has 11 heteroatoms. The molecule has 3 amide bonds. The highest BCUT2D eigenvalue weighted by Gasteiger charge is 2.36. The largest absolute Gasteiger partial charge is 0.490 e. The Morgan fingerprint density at radius 2 is 1.68 bits per heavy atom. The number of benzene rings is 3. The monoisotopic (exact) mass is 650 g/mol. The number of anilines is 1. The number of carbonyl (C=O) groups is 3. The van der Waals surface area contributed by atoms with Crippen LogP contribution in [-0.4, -0.2) is 35.1 Å². The summed E-state index contributed by atoms with van der Waals surface area (Å²) >= 11 is 2.82. The minimum atomic E-state index is -0.598. The van der Waals surface area contributed by atoms with Crippen LogP contribution in [0.5, 0.6) is 11.5 Å². The molecule has 196 valence electrons. The van der Waals surface area contributed by atoms with Crippen molar-refractivity contribution in [2.45, 2.75) is 13.5 Å². The van der Waals surface area contributed by atoms with Gasteiger partial charge in [0.25, 0.3) is 11.1 Å².